The smallest absolute Gasteiger partial charge is 0.255 e. The molecule has 6 heteroatoms. The Labute approximate surface area is 98.5 Å². The highest BCUT2D eigenvalue weighted by molar-refractivity contribution is 5.13. The maximum Gasteiger partial charge on any atom is 0.255 e. The SMILES string of the molecule is NCC[C@H](O)c1nc(Cc2cccnc2)no1. The second-order valence-corrected chi connectivity index (χ2v) is 3.68. The fraction of sp³-hybridized carbons (Fsp3) is 0.364. The number of nitrogens with two attached hydrogens (primary N) is 1. The van der Waals surface area contributed by atoms with E-state index in [1.165, 1.54) is 0 Å². The van der Waals surface area contributed by atoms with Gasteiger partial charge in [0.15, 0.2) is 5.82 Å². The fourth-order valence-electron chi connectivity index (χ4n) is 1.44. The van der Waals surface area contributed by atoms with Crippen LogP contribution in [0.1, 0.15) is 29.8 Å². The van der Waals surface area contributed by atoms with Crippen LogP contribution in [0.3, 0.4) is 0 Å². The molecule has 0 aromatic carbocycles. The largest absolute Gasteiger partial charge is 0.383 e. The van der Waals surface area contributed by atoms with E-state index in [9.17, 15) is 5.11 Å². The van der Waals surface area contributed by atoms with Gasteiger partial charge >= 0.3 is 0 Å². The molecule has 0 fully saturated rings. The van der Waals surface area contributed by atoms with E-state index in [1.807, 2.05) is 12.1 Å². The van der Waals surface area contributed by atoms with Crippen LogP contribution in [0.4, 0.5) is 0 Å². The molecule has 2 aromatic heterocycles. The first-order valence-electron chi connectivity index (χ1n) is 5.39. The Morgan fingerprint density at radius 2 is 2.35 bits per heavy atom. The Kier molecular flexibility index (Phi) is 3.79. The first kappa shape index (κ1) is 11.7. The van der Waals surface area contributed by atoms with Crippen molar-refractivity contribution in [2.24, 2.45) is 5.73 Å². The third-order valence-electron chi connectivity index (χ3n) is 2.29. The Bertz CT molecular complexity index is 458. The van der Waals surface area contributed by atoms with Crippen molar-refractivity contribution < 1.29 is 9.63 Å². The quantitative estimate of drug-likeness (QED) is 0.778. The molecule has 2 heterocycles. The van der Waals surface area contributed by atoms with Crippen LogP contribution in [0.5, 0.6) is 0 Å². The van der Waals surface area contributed by atoms with Gasteiger partial charge in [-0.25, -0.2) is 0 Å². The second-order valence-electron chi connectivity index (χ2n) is 3.68. The molecule has 0 saturated heterocycles. The van der Waals surface area contributed by atoms with Crippen molar-refractivity contribution in [2.45, 2.75) is 18.9 Å². The van der Waals surface area contributed by atoms with Gasteiger partial charge in [-0.15, -0.1) is 0 Å². The first-order valence-corrected chi connectivity index (χ1v) is 5.39. The van der Waals surface area contributed by atoms with Gasteiger partial charge in [0, 0.05) is 18.8 Å². The van der Waals surface area contributed by atoms with Gasteiger partial charge in [0.05, 0.1) is 0 Å². The first-order chi connectivity index (χ1) is 8.29. The lowest BCUT2D eigenvalue weighted by Crippen LogP contribution is -2.07. The van der Waals surface area contributed by atoms with E-state index >= 15 is 0 Å². The van der Waals surface area contributed by atoms with Crippen LogP contribution < -0.4 is 5.73 Å². The zero-order chi connectivity index (χ0) is 12.1. The molecular formula is C11H14N4O2. The van der Waals surface area contributed by atoms with Gasteiger partial charge < -0.3 is 15.4 Å². The van der Waals surface area contributed by atoms with Crippen molar-refractivity contribution in [3.63, 3.8) is 0 Å². The summed E-state index contributed by atoms with van der Waals surface area (Å²) in [5, 5.41) is 13.4. The minimum absolute atomic E-state index is 0.217. The highest BCUT2D eigenvalue weighted by atomic mass is 16.5. The van der Waals surface area contributed by atoms with Crippen LogP contribution in [0.25, 0.3) is 0 Å². The topological polar surface area (TPSA) is 98.1 Å². The Hall–Kier alpha value is -1.79. The van der Waals surface area contributed by atoms with Crippen molar-refractivity contribution in [1.29, 1.82) is 0 Å². The highest BCUT2D eigenvalue weighted by Gasteiger charge is 2.15. The molecule has 2 aromatic rings. The summed E-state index contributed by atoms with van der Waals surface area (Å²) in [6.45, 7) is 0.376. The van der Waals surface area contributed by atoms with Crippen molar-refractivity contribution >= 4 is 0 Å². The minimum Gasteiger partial charge on any atom is -0.383 e. The summed E-state index contributed by atoms with van der Waals surface area (Å²) in [4.78, 5) is 8.11. The number of aliphatic hydroxyl groups excluding tert-OH is 1. The van der Waals surface area contributed by atoms with Crippen LogP contribution in [0, 0.1) is 0 Å². The molecule has 0 amide bonds. The third kappa shape index (κ3) is 3.08. The lowest BCUT2D eigenvalue weighted by Gasteiger charge is -2.00. The molecule has 17 heavy (non-hydrogen) atoms. The van der Waals surface area contributed by atoms with Crippen LogP contribution >= 0.6 is 0 Å². The van der Waals surface area contributed by atoms with Crippen molar-refractivity contribution in [3.8, 4) is 0 Å². The molecule has 0 bridgehead atoms. The maximum atomic E-state index is 9.61. The summed E-state index contributed by atoms with van der Waals surface area (Å²) >= 11 is 0. The lowest BCUT2D eigenvalue weighted by molar-refractivity contribution is 0.127. The van der Waals surface area contributed by atoms with E-state index in [1.54, 1.807) is 12.4 Å². The van der Waals surface area contributed by atoms with Crippen molar-refractivity contribution in [2.75, 3.05) is 6.54 Å². The van der Waals surface area contributed by atoms with Crippen LogP contribution in [-0.2, 0) is 6.42 Å². The number of hydrogen-bond acceptors (Lipinski definition) is 6. The van der Waals surface area contributed by atoms with E-state index < -0.39 is 6.10 Å². The van der Waals surface area contributed by atoms with E-state index in [0.29, 0.717) is 25.2 Å². The molecule has 0 radical (unpaired) electrons. The molecule has 6 nitrogen and oxygen atoms in total. The highest BCUT2D eigenvalue weighted by Crippen LogP contribution is 2.14. The van der Waals surface area contributed by atoms with Gasteiger partial charge in [-0.1, -0.05) is 11.2 Å². The van der Waals surface area contributed by atoms with E-state index in [0.717, 1.165) is 5.56 Å². The summed E-state index contributed by atoms with van der Waals surface area (Å²) in [5.74, 6) is 0.749. The number of aromatic nitrogens is 3. The number of nitrogens with zero attached hydrogens (tertiary/aromatic N) is 3. The Morgan fingerprint density at radius 1 is 1.47 bits per heavy atom. The van der Waals surface area contributed by atoms with E-state index in [4.69, 9.17) is 10.3 Å². The third-order valence-corrected chi connectivity index (χ3v) is 2.29. The summed E-state index contributed by atoms with van der Waals surface area (Å²) < 4.78 is 4.96. The molecule has 0 saturated carbocycles. The number of hydrogen-bond donors (Lipinski definition) is 2. The predicted octanol–water partition coefficient (Wildman–Crippen LogP) is 0.438. The van der Waals surface area contributed by atoms with Crippen LogP contribution in [0.15, 0.2) is 29.0 Å². The number of rotatable bonds is 5. The lowest BCUT2D eigenvalue weighted by atomic mass is 10.2. The molecule has 0 aliphatic carbocycles. The van der Waals surface area contributed by atoms with Crippen LogP contribution in [0.2, 0.25) is 0 Å². The average molecular weight is 234 g/mol. The summed E-state index contributed by atoms with van der Waals surface area (Å²) in [6, 6.07) is 3.78. The number of pyridine rings is 1. The predicted molar refractivity (Wildman–Crippen MR) is 60.0 cm³/mol. The molecule has 2 rings (SSSR count). The van der Waals surface area contributed by atoms with E-state index in [2.05, 4.69) is 15.1 Å². The molecule has 0 spiro atoms. The summed E-state index contributed by atoms with van der Waals surface area (Å²) in [5.41, 5.74) is 6.33. The standard InChI is InChI=1S/C11H14N4O2/c12-4-3-9(16)11-14-10(15-17-11)6-8-2-1-5-13-7-8/h1-2,5,7,9,16H,3-4,6,12H2/t9-/m0/s1. The molecule has 3 N–H and O–H groups in total. The van der Waals surface area contributed by atoms with Crippen molar-refractivity contribution in [1.82, 2.24) is 15.1 Å². The Morgan fingerprint density at radius 3 is 3.06 bits per heavy atom. The summed E-state index contributed by atoms with van der Waals surface area (Å²) in [6.07, 6.45) is 3.61. The van der Waals surface area contributed by atoms with Crippen LogP contribution in [-0.4, -0.2) is 26.8 Å². The molecule has 0 aliphatic rings. The van der Waals surface area contributed by atoms with Crippen molar-refractivity contribution in [3.05, 3.63) is 41.8 Å². The van der Waals surface area contributed by atoms with Gasteiger partial charge in [0.25, 0.3) is 5.89 Å². The van der Waals surface area contributed by atoms with E-state index in [-0.39, 0.29) is 5.89 Å². The van der Waals surface area contributed by atoms with Gasteiger partial charge in [-0.2, -0.15) is 4.98 Å². The molecule has 90 valence electrons. The zero-order valence-corrected chi connectivity index (χ0v) is 9.28. The summed E-state index contributed by atoms with van der Waals surface area (Å²) in [7, 11) is 0. The minimum atomic E-state index is -0.782. The molecule has 0 aliphatic heterocycles. The van der Waals surface area contributed by atoms with Gasteiger partial charge in [-0.05, 0) is 24.6 Å². The van der Waals surface area contributed by atoms with Gasteiger partial charge in [-0.3, -0.25) is 4.98 Å². The maximum absolute atomic E-state index is 9.61. The monoisotopic (exact) mass is 234 g/mol. The fourth-order valence-corrected chi connectivity index (χ4v) is 1.44. The van der Waals surface area contributed by atoms with Gasteiger partial charge in [0.1, 0.15) is 6.10 Å². The molecular weight excluding hydrogens is 220 g/mol. The van der Waals surface area contributed by atoms with Gasteiger partial charge in [0.2, 0.25) is 0 Å². The number of aliphatic hydroxyl groups is 1. The average Bonchev–Trinajstić information content (AvgIpc) is 2.79. The molecule has 1 atom stereocenters. The zero-order valence-electron chi connectivity index (χ0n) is 9.28. The Balaban J connectivity index is 2.04. The molecule has 0 unspecified atom stereocenters. The normalized spacial score (nSPS) is 12.6. The second kappa shape index (κ2) is 5.51.